The van der Waals surface area contributed by atoms with Gasteiger partial charge in [0, 0.05) is 17.8 Å². The van der Waals surface area contributed by atoms with Gasteiger partial charge in [0.05, 0.1) is 11.4 Å². The molecule has 0 fully saturated rings. The van der Waals surface area contributed by atoms with Crippen LogP contribution in [0.5, 0.6) is 0 Å². The molecule has 0 unspecified atom stereocenters. The lowest BCUT2D eigenvalue weighted by molar-refractivity contribution is -0.825. The fourth-order valence-corrected chi connectivity index (χ4v) is 1.07. The molecule has 0 spiro atoms. The molecule has 88 valence electrons. The molecule has 0 aromatic heterocycles. The minimum absolute atomic E-state index is 0.285. The molecule has 0 radical (unpaired) electrons. The zero-order chi connectivity index (χ0) is 12.7. The van der Waals surface area contributed by atoms with Gasteiger partial charge in [-0.15, -0.1) is 0 Å². The number of hydrogen-bond acceptors (Lipinski definition) is 4. The van der Waals surface area contributed by atoms with Crippen LogP contribution in [0.15, 0.2) is 48.6 Å². The van der Waals surface area contributed by atoms with Crippen LogP contribution in [-0.4, -0.2) is 16.6 Å². The van der Waals surface area contributed by atoms with E-state index in [1.54, 1.807) is 48.6 Å². The van der Waals surface area contributed by atoms with Crippen molar-refractivity contribution >= 4 is 22.8 Å². The number of nitrogens with two attached hydrogens (primary N) is 2. The van der Waals surface area contributed by atoms with Crippen LogP contribution in [0.4, 0.5) is 11.4 Å². The number of hydrogen-bond donors (Lipinski definition) is 5. The second kappa shape index (κ2) is 6.37. The van der Waals surface area contributed by atoms with Gasteiger partial charge in [0.25, 0.3) is 0 Å². The maximum Gasteiger partial charge on any atom is 0.161 e. The van der Waals surface area contributed by atoms with Crippen molar-refractivity contribution in [3.05, 3.63) is 48.6 Å². The Morgan fingerprint density at radius 1 is 0.941 bits per heavy atom. The summed E-state index contributed by atoms with van der Waals surface area (Å²) in [6, 6.07) is 6.97. The number of nitrogens with one attached hydrogen (secondary N) is 2. The quantitative estimate of drug-likeness (QED) is 0.282. The van der Waals surface area contributed by atoms with Gasteiger partial charge in [-0.25, -0.2) is 5.21 Å². The Balaban J connectivity index is 0.000000171. The van der Waals surface area contributed by atoms with Gasteiger partial charge in [-0.05, 0) is 24.3 Å². The Morgan fingerprint density at radius 3 is 1.76 bits per heavy atom. The molecule has 0 bridgehead atoms. The summed E-state index contributed by atoms with van der Waals surface area (Å²) < 4.78 is 0. The van der Waals surface area contributed by atoms with Crippen molar-refractivity contribution in [3.63, 3.8) is 0 Å². The van der Waals surface area contributed by atoms with E-state index in [0.29, 0.717) is 5.69 Å². The molecule has 1 aromatic rings. The van der Waals surface area contributed by atoms with Crippen LogP contribution in [0.2, 0.25) is 0 Å². The van der Waals surface area contributed by atoms with Crippen LogP contribution in [0.25, 0.3) is 0 Å². The van der Waals surface area contributed by atoms with Crippen LogP contribution in [0, 0.1) is 10.8 Å². The van der Waals surface area contributed by atoms with Crippen molar-refractivity contribution in [1.82, 2.24) is 0 Å². The van der Waals surface area contributed by atoms with Gasteiger partial charge in [0.2, 0.25) is 0 Å². The molecule has 2 rings (SSSR count). The largest absolute Gasteiger partial charge is 0.399 e. The maximum absolute atomic E-state index is 8.46. The Labute approximate surface area is 99.3 Å². The van der Waals surface area contributed by atoms with Crippen LogP contribution in [0.1, 0.15) is 0 Å². The first-order chi connectivity index (χ1) is 8.13. The Bertz CT molecular complexity index is 438. The molecule has 17 heavy (non-hydrogen) atoms. The van der Waals surface area contributed by atoms with Gasteiger partial charge in [-0.3, -0.25) is 10.8 Å². The second-order valence-electron chi connectivity index (χ2n) is 3.34. The summed E-state index contributed by atoms with van der Waals surface area (Å²) >= 11 is 0. The summed E-state index contributed by atoms with van der Waals surface area (Å²) in [5, 5.41) is 22.5. The van der Waals surface area contributed by atoms with E-state index in [9.17, 15) is 0 Å². The summed E-state index contributed by atoms with van der Waals surface area (Å²) in [6.07, 6.45) is 6.70. The first-order valence-electron chi connectivity index (χ1n) is 4.98. The Morgan fingerprint density at radius 2 is 1.41 bits per heavy atom. The predicted molar refractivity (Wildman–Crippen MR) is 68.0 cm³/mol. The van der Waals surface area contributed by atoms with E-state index in [1.165, 1.54) is 0 Å². The van der Waals surface area contributed by atoms with Crippen molar-refractivity contribution in [3.8, 4) is 0 Å². The summed E-state index contributed by atoms with van der Waals surface area (Å²) in [5.74, 6) is 0. The topological polar surface area (TPSA) is 111 Å². The summed E-state index contributed by atoms with van der Waals surface area (Å²) in [6.45, 7) is 0. The van der Waals surface area contributed by atoms with Gasteiger partial charge in [0.1, 0.15) is 0 Å². The third kappa shape index (κ3) is 4.42. The zero-order valence-corrected chi connectivity index (χ0v) is 9.22. The highest BCUT2D eigenvalue weighted by atomic mass is 16.5. The van der Waals surface area contributed by atoms with Crippen molar-refractivity contribution < 1.29 is 10.7 Å². The molecular formula is C12H15N4O+. The number of benzene rings is 1. The van der Waals surface area contributed by atoms with E-state index in [-0.39, 0.29) is 11.4 Å². The van der Waals surface area contributed by atoms with E-state index < -0.39 is 0 Å². The molecule has 0 saturated carbocycles. The predicted octanol–water partition coefficient (Wildman–Crippen LogP) is 1.00. The molecule has 1 aromatic carbocycles. The molecule has 1 aliphatic rings. The van der Waals surface area contributed by atoms with Crippen LogP contribution < -0.4 is 11.2 Å². The second-order valence-corrected chi connectivity index (χ2v) is 3.34. The van der Waals surface area contributed by atoms with E-state index in [2.05, 4.69) is 0 Å². The fourth-order valence-electron chi connectivity index (χ4n) is 1.07. The van der Waals surface area contributed by atoms with Crippen molar-refractivity contribution in [2.24, 2.45) is 0 Å². The molecule has 1 aliphatic carbocycles. The minimum atomic E-state index is 0.285. The lowest BCUT2D eigenvalue weighted by Gasteiger charge is -1.96. The molecule has 5 heteroatoms. The first-order valence-corrected chi connectivity index (χ1v) is 4.98. The Kier molecular flexibility index (Phi) is 4.80. The summed E-state index contributed by atoms with van der Waals surface area (Å²) in [4.78, 5) is 0. The molecule has 0 atom stereocenters. The number of allylic oxidation sites excluding steroid dienone is 4. The third-order valence-electron chi connectivity index (χ3n) is 2.01. The monoisotopic (exact) mass is 231 g/mol. The fraction of sp³-hybridized carbons (Fsp3) is 0. The van der Waals surface area contributed by atoms with Crippen molar-refractivity contribution in [2.45, 2.75) is 0 Å². The van der Waals surface area contributed by atoms with Crippen molar-refractivity contribution in [2.75, 3.05) is 5.73 Å². The highest BCUT2D eigenvalue weighted by molar-refractivity contribution is 6.48. The Hall–Kier alpha value is -2.24. The lowest BCUT2D eigenvalue weighted by Crippen LogP contribution is -2.73. The summed E-state index contributed by atoms with van der Waals surface area (Å²) in [5.41, 5.74) is 8.47. The van der Waals surface area contributed by atoms with E-state index >= 15 is 0 Å². The van der Waals surface area contributed by atoms with Gasteiger partial charge in [-0.2, -0.15) is 5.48 Å². The van der Waals surface area contributed by atoms with E-state index in [1.807, 2.05) is 0 Å². The average molecular weight is 231 g/mol. The smallest absolute Gasteiger partial charge is 0.161 e. The molecule has 0 aliphatic heterocycles. The number of rotatable bonds is 1. The van der Waals surface area contributed by atoms with E-state index in [0.717, 1.165) is 11.2 Å². The van der Waals surface area contributed by atoms with Gasteiger partial charge >= 0.3 is 0 Å². The number of anilines is 1. The maximum atomic E-state index is 8.46. The third-order valence-corrected chi connectivity index (χ3v) is 2.01. The highest BCUT2D eigenvalue weighted by Crippen LogP contribution is 2.03. The van der Waals surface area contributed by atoms with E-state index in [4.69, 9.17) is 21.8 Å². The van der Waals surface area contributed by atoms with Gasteiger partial charge < -0.3 is 5.73 Å². The van der Waals surface area contributed by atoms with Crippen LogP contribution in [0.3, 0.4) is 0 Å². The molecule has 0 amide bonds. The zero-order valence-electron chi connectivity index (χ0n) is 9.22. The minimum Gasteiger partial charge on any atom is -0.399 e. The average Bonchev–Trinajstić information content (AvgIpc) is 2.35. The van der Waals surface area contributed by atoms with Crippen LogP contribution in [-0.2, 0) is 0 Å². The standard InChI is InChI=1S/C6H8N2O.C6H6N2/c7-5-1-3-6(8-9)4-2-5;7-5-3-1-2-4-6(5)8/h1-4,8-9H,7H2;1-4,7-8H/p+1. The highest BCUT2D eigenvalue weighted by Gasteiger charge is 1.97. The molecule has 7 N–H and O–H groups in total. The first kappa shape index (κ1) is 12.8. The van der Waals surface area contributed by atoms with Gasteiger partial charge in [-0.1, -0.05) is 12.2 Å². The number of quaternary nitrogens is 1. The molecule has 0 heterocycles. The van der Waals surface area contributed by atoms with Crippen molar-refractivity contribution in [1.29, 1.82) is 10.8 Å². The van der Waals surface area contributed by atoms with Crippen LogP contribution >= 0.6 is 0 Å². The lowest BCUT2D eigenvalue weighted by atomic mass is 10.1. The molecule has 0 saturated heterocycles. The number of nitrogen functional groups attached to an aromatic ring is 1. The summed E-state index contributed by atoms with van der Waals surface area (Å²) in [7, 11) is 0. The normalized spacial score (nSPS) is 13.2. The SMILES string of the molecule is N=C1C=CC=CC1=N.Nc1ccc([NH2+]O)cc1. The molecular weight excluding hydrogens is 216 g/mol. The van der Waals surface area contributed by atoms with Gasteiger partial charge in [0.15, 0.2) is 5.69 Å². The molecule has 5 nitrogen and oxygen atoms in total.